The summed E-state index contributed by atoms with van der Waals surface area (Å²) in [6, 6.07) is 8.13. The van der Waals surface area contributed by atoms with Crippen LogP contribution in [0.2, 0.25) is 0 Å². The minimum Gasteiger partial charge on any atom is -0.491 e. The number of amides is 2. The third kappa shape index (κ3) is 2.15. The summed E-state index contributed by atoms with van der Waals surface area (Å²) >= 11 is 0. The Hall–Kier alpha value is -1.71. The van der Waals surface area contributed by atoms with E-state index in [-0.39, 0.29) is 6.03 Å². The zero-order valence-corrected chi connectivity index (χ0v) is 10.4. The number of fused-ring (bicyclic) bond motifs is 1. The van der Waals surface area contributed by atoms with Crippen LogP contribution in [0.15, 0.2) is 24.3 Å². The van der Waals surface area contributed by atoms with Crippen LogP contribution in [-0.2, 0) is 0 Å². The SMILES string of the molecule is O=C(NC1CCC1)N1CCCOc2ccccc21. The number of nitrogens with one attached hydrogen (secondary N) is 1. The lowest BCUT2D eigenvalue weighted by molar-refractivity contribution is 0.234. The van der Waals surface area contributed by atoms with Crippen LogP contribution < -0.4 is 15.0 Å². The third-order valence-corrected chi connectivity index (χ3v) is 3.62. The molecule has 0 saturated heterocycles. The summed E-state index contributed by atoms with van der Waals surface area (Å²) in [6.07, 6.45) is 4.31. The summed E-state index contributed by atoms with van der Waals surface area (Å²) in [4.78, 5) is 14.1. The van der Waals surface area contributed by atoms with Crippen molar-refractivity contribution in [3.05, 3.63) is 24.3 Å². The molecule has 1 aliphatic carbocycles. The Morgan fingerprint density at radius 2 is 2.11 bits per heavy atom. The van der Waals surface area contributed by atoms with Gasteiger partial charge in [-0.2, -0.15) is 0 Å². The molecule has 1 N–H and O–H groups in total. The van der Waals surface area contributed by atoms with Crippen LogP contribution in [0.3, 0.4) is 0 Å². The molecule has 4 heteroatoms. The Morgan fingerprint density at radius 1 is 1.28 bits per heavy atom. The number of urea groups is 1. The van der Waals surface area contributed by atoms with Crippen molar-refractivity contribution in [3.63, 3.8) is 0 Å². The largest absolute Gasteiger partial charge is 0.491 e. The Labute approximate surface area is 107 Å². The van der Waals surface area contributed by atoms with E-state index in [0.717, 1.165) is 37.2 Å². The molecule has 1 saturated carbocycles. The van der Waals surface area contributed by atoms with Crippen LogP contribution in [0.1, 0.15) is 25.7 Å². The van der Waals surface area contributed by atoms with Crippen LogP contribution in [0.5, 0.6) is 5.75 Å². The van der Waals surface area contributed by atoms with Gasteiger partial charge >= 0.3 is 6.03 Å². The number of hydrogen-bond acceptors (Lipinski definition) is 2. The standard InChI is InChI=1S/C14H18N2O2/c17-14(15-11-5-3-6-11)16-9-4-10-18-13-8-2-1-7-12(13)16/h1-2,7-8,11H,3-6,9-10H2,(H,15,17). The van der Waals surface area contributed by atoms with Gasteiger partial charge in [-0.15, -0.1) is 0 Å². The predicted octanol–water partition coefficient (Wildman–Crippen LogP) is 2.54. The summed E-state index contributed by atoms with van der Waals surface area (Å²) in [5.74, 6) is 0.804. The van der Waals surface area contributed by atoms with E-state index in [0.29, 0.717) is 12.6 Å². The first-order valence-electron chi connectivity index (χ1n) is 6.64. The van der Waals surface area contributed by atoms with Crippen LogP contribution in [0.4, 0.5) is 10.5 Å². The van der Waals surface area contributed by atoms with Gasteiger partial charge in [0.2, 0.25) is 0 Å². The lowest BCUT2D eigenvalue weighted by Crippen LogP contribution is -2.47. The number of rotatable bonds is 1. The number of anilines is 1. The van der Waals surface area contributed by atoms with Gasteiger partial charge in [-0.1, -0.05) is 12.1 Å². The minimum absolute atomic E-state index is 0.0117. The molecular formula is C14H18N2O2. The third-order valence-electron chi connectivity index (χ3n) is 3.62. The quantitative estimate of drug-likeness (QED) is 0.827. The van der Waals surface area contributed by atoms with Crippen LogP contribution in [-0.4, -0.2) is 25.2 Å². The lowest BCUT2D eigenvalue weighted by atomic mass is 9.93. The Bertz CT molecular complexity index is 443. The molecule has 0 aromatic heterocycles. The second kappa shape index (κ2) is 4.88. The molecule has 0 radical (unpaired) electrons. The fourth-order valence-corrected chi connectivity index (χ4v) is 2.34. The molecule has 1 aromatic rings. The molecular weight excluding hydrogens is 228 g/mol. The van der Waals surface area contributed by atoms with Crippen molar-refractivity contribution in [2.24, 2.45) is 0 Å². The molecule has 2 aliphatic rings. The van der Waals surface area contributed by atoms with E-state index < -0.39 is 0 Å². The second-order valence-electron chi connectivity index (χ2n) is 4.90. The number of nitrogens with zero attached hydrogens (tertiary/aromatic N) is 1. The van der Waals surface area contributed by atoms with Crippen molar-refractivity contribution in [1.82, 2.24) is 5.32 Å². The molecule has 1 aliphatic heterocycles. The maximum Gasteiger partial charge on any atom is 0.322 e. The molecule has 1 heterocycles. The average molecular weight is 246 g/mol. The van der Waals surface area contributed by atoms with Gasteiger partial charge < -0.3 is 10.1 Å². The summed E-state index contributed by atoms with van der Waals surface area (Å²) in [5, 5.41) is 3.09. The van der Waals surface area contributed by atoms with Gasteiger partial charge in [0.05, 0.1) is 12.3 Å². The number of hydrogen-bond donors (Lipinski definition) is 1. The molecule has 1 fully saturated rings. The molecule has 18 heavy (non-hydrogen) atoms. The Morgan fingerprint density at radius 3 is 2.89 bits per heavy atom. The van der Waals surface area contributed by atoms with E-state index in [9.17, 15) is 4.79 Å². The highest BCUT2D eigenvalue weighted by molar-refractivity contribution is 5.93. The van der Waals surface area contributed by atoms with E-state index in [1.165, 1.54) is 6.42 Å². The molecule has 0 unspecified atom stereocenters. The highest BCUT2D eigenvalue weighted by Gasteiger charge is 2.26. The van der Waals surface area contributed by atoms with Gasteiger partial charge in [0.25, 0.3) is 0 Å². The molecule has 0 spiro atoms. The van der Waals surface area contributed by atoms with Gasteiger partial charge in [0.15, 0.2) is 0 Å². The summed E-state index contributed by atoms with van der Waals surface area (Å²) in [5.41, 5.74) is 0.881. The molecule has 1 aromatic carbocycles. The molecule has 96 valence electrons. The second-order valence-corrected chi connectivity index (χ2v) is 4.90. The topological polar surface area (TPSA) is 41.6 Å². The molecule has 2 amide bonds. The first-order valence-corrected chi connectivity index (χ1v) is 6.64. The van der Waals surface area contributed by atoms with Crippen molar-refractivity contribution >= 4 is 11.7 Å². The number of para-hydroxylation sites is 2. The minimum atomic E-state index is 0.0117. The zero-order chi connectivity index (χ0) is 12.4. The maximum atomic E-state index is 12.3. The van der Waals surface area contributed by atoms with E-state index >= 15 is 0 Å². The fourth-order valence-electron chi connectivity index (χ4n) is 2.34. The van der Waals surface area contributed by atoms with E-state index in [1.807, 2.05) is 24.3 Å². The highest BCUT2D eigenvalue weighted by atomic mass is 16.5. The summed E-state index contributed by atoms with van der Waals surface area (Å²) in [6.45, 7) is 1.39. The Kier molecular flexibility index (Phi) is 3.09. The summed E-state index contributed by atoms with van der Waals surface area (Å²) in [7, 11) is 0. The normalized spacial score (nSPS) is 19.2. The van der Waals surface area contributed by atoms with Gasteiger partial charge in [-0.25, -0.2) is 4.79 Å². The number of benzene rings is 1. The van der Waals surface area contributed by atoms with E-state index in [2.05, 4.69) is 5.32 Å². The molecule has 4 nitrogen and oxygen atoms in total. The average Bonchev–Trinajstić information content (AvgIpc) is 2.56. The van der Waals surface area contributed by atoms with Gasteiger partial charge in [0, 0.05) is 12.6 Å². The lowest BCUT2D eigenvalue weighted by Gasteiger charge is -2.30. The van der Waals surface area contributed by atoms with Crippen molar-refractivity contribution in [1.29, 1.82) is 0 Å². The van der Waals surface area contributed by atoms with Crippen LogP contribution in [0, 0.1) is 0 Å². The number of carbonyl (C=O) groups is 1. The smallest absolute Gasteiger partial charge is 0.322 e. The van der Waals surface area contributed by atoms with Crippen LogP contribution >= 0.6 is 0 Å². The first-order chi connectivity index (χ1) is 8.84. The number of carbonyl (C=O) groups excluding carboxylic acids is 1. The van der Waals surface area contributed by atoms with Gasteiger partial charge in [0.1, 0.15) is 5.75 Å². The zero-order valence-electron chi connectivity index (χ0n) is 10.4. The monoisotopic (exact) mass is 246 g/mol. The Balaban J connectivity index is 1.79. The maximum absolute atomic E-state index is 12.3. The van der Waals surface area contributed by atoms with Crippen molar-refractivity contribution in [2.45, 2.75) is 31.7 Å². The molecule has 0 bridgehead atoms. The number of ether oxygens (including phenoxy) is 1. The predicted molar refractivity (Wildman–Crippen MR) is 70.1 cm³/mol. The van der Waals surface area contributed by atoms with E-state index in [1.54, 1.807) is 4.90 Å². The van der Waals surface area contributed by atoms with Crippen LogP contribution in [0.25, 0.3) is 0 Å². The fraction of sp³-hybridized carbons (Fsp3) is 0.500. The highest BCUT2D eigenvalue weighted by Crippen LogP contribution is 2.30. The van der Waals surface area contributed by atoms with Gasteiger partial charge in [-0.05, 0) is 37.8 Å². The first kappa shape index (κ1) is 11.4. The molecule has 3 rings (SSSR count). The van der Waals surface area contributed by atoms with Crippen molar-refractivity contribution in [3.8, 4) is 5.75 Å². The molecule has 0 atom stereocenters. The summed E-state index contributed by atoms with van der Waals surface area (Å²) < 4.78 is 5.65. The van der Waals surface area contributed by atoms with E-state index in [4.69, 9.17) is 4.74 Å². The van der Waals surface area contributed by atoms with Gasteiger partial charge in [-0.3, -0.25) is 4.90 Å². The van der Waals surface area contributed by atoms with Crippen molar-refractivity contribution in [2.75, 3.05) is 18.1 Å². The van der Waals surface area contributed by atoms with Crippen molar-refractivity contribution < 1.29 is 9.53 Å².